The van der Waals surface area contributed by atoms with Gasteiger partial charge in [0.1, 0.15) is 0 Å². The molecule has 0 spiro atoms. The second-order valence-corrected chi connectivity index (χ2v) is 2.38. The van der Waals surface area contributed by atoms with Crippen molar-refractivity contribution in [1.82, 2.24) is 5.32 Å². The number of carboxylic acids is 3. The minimum atomic E-state index is -3.03. The van der Waals surface area contributed by atoms with E-state index in [0.717, 1.165) is 0 Å². The molecule has 0 fully saturated rings. The molecule has 0 rings (SSSR count). The van der Waals surface area contributed by atoms with Crippen LogP contribution in [-0.4, -0.2) is 81.4 Å². The quantitative estimate of drug-likeness (QED) is 0.237. The Labute approximate surface area is 107 Å². The van der Waals surface area contributed by atoms with Crippen LogP contribution in [0.1, 0.15) is 0 Å². The van der Waals surface area contributed by atoms with E-state index in [1.165, 1.54) is 0 Å². The minimum absolute atomic E-state index is 0. The van der Waals surface area contributed by atoms with Crippen molar-refractivity contribution in [2.75, 3.05) is 13.1 Å². The first-order chi connectivity index (χ1) is 6.39. The first-order valence-corrected chi connectivity index (χ1v) is 3.54. The van der Waals surface area contributed by atoms with Crippen molar-refractivity contribution in [3.8, 4) is 0 Å². The summed E-state index contributed by atoms with van der Waals surface area (Å²) in [6.07, 6.45) is 0. The van der Waals surface area contributed by atoms with Gasteiger partial charge < -0.3 is 21.1 Å². The maximum absolute atomic E-state index is 10.5. The molecule has 0 unspecified atom stereocenters. The standard InChI is InChI=1S/C6H10N2O6.Na.H/c7-1-2-8-6(3(9)10,4(11)12)5(13)14;;/h8H,1-2,7H2,(H,9,10)(H,11,12)(H,13,14);;. The van der Waals surface area contributed by atoms with E-state index in [0.29, 0.717) is 0 Å². The van der Waals surface area contributed by atoms with Gasteiger partial charge in [-0.2, -0.15) is 0 Å². The van der Waals surface area contributed by atoms with Gasteiger partial charge in [0, 0.05) is 13.1 Å². The number of hydrogen-bond acceptors (Lipinski definition) is 5. The second-order valence-electron chi connectivity index (χ2n) is 2.38. The van der Waals surface area contributed by atoms with E-state index in [2.05, 4.69) is 0 Å². The van der Waals surface area contributed by atoms with Gasteiger partial charge >= 0.3 is 53.0 Å². The second kappa shape index (κ2) is 6.75. The fourth-order valence-electron chi connectivity index (χ4n) is 0.761. The summed E-state index contributed by atoms with van der Waals surface area (Å²) in [5.41, 5.74) is 1.97. The van der Waals surface area contributed by atoms with Crippen LogP contribution < -0.4 is 11.1 Å². The van der Waals surface area contributed by atoms with E-state index in [-0.39, 0.29) is 42.6 Å². The molecule has 0 atom stereocenters. The number of nitrogens with one attached hydrogen (secondary N) is 1. The number of aliphatic carboxylic acids is 3. The predicted octanol–water partition coefficient (Wildman–Crippen LogP) is -3.12. The topological polar surface area (TPSA) is 150 Å². The van der Waals surface area contributed by atoms with Crippen LogP contribution >= 0.6 is 0 Å². The normalized spacial score (nSPS) is 10.2. The van der Waals surface area contributed by atoms with Gasteiger partial charge in [0.2, 0.25) is 0 Å². The molecular formula is C6H11N2NaO6. The summed E-state index contributed by atoms with van der Waals surface area (Å²) in [5.74, 6) is -5.98. The van der Waals surface area contributed by atoms with Gasteiger partial charge in [-0.05, 0) is 0 Å². The zero-order valence-electron chi connectivity index (χ0n) is 7.06. The van der Waals surface area contributed by atoms with E-state index in [1.807, 2.05) is 5.32 Å². The zero-order chi connectivity index (χ0) is 11.4. The third kappa shape index (κ3) is 3.43. The molecule has 82 valence electrons. The summed E-state index contributed by atoms with van der Waals surface area (Å²) in [5, 5.41) is 27.4. The van der Waals surface area contributed by atoms with Gasteiger partial charge in [0.15, 0.2) is 0 Å². The van der Waals surface area contributed by atoms with Crippen molar-refractivity contribution < 1.29 is 29.7 Å². The molecule has 0 aliphatic carbocycles. The maximum atomic E-state index is 10.5. The van der Waals surface area contributed by atoms with E-state index in [9.17, 15) is 14.4 Å². The van der Waals surface area contributed by atoms with Gasteiger partial charge in [-0.1, -0.05) is 0 Å². The van der Waals surface area contributed by atoms with Crippen LogP contribution in [-0.2, 0) is 14.4 Å². The summed E-state index contributed by atoms with van der Waals surface area (Å²) >= 11 is 0. The summed E-state index contributed by atoms with van der Waals surface area (Å²) < 4.78 is 0. The first-order valence-electron chi connectivity index (χ1n) is 3.54. The summed E-state index contributed by atoms with van der Waals surface area (Å²) in [7, 11) is 0. The Morgan fingerprint density at radius 1 is 1.07 bits per heavy atom. The first kappa shape index (κ1) is 16.7. The number of carboxylic acid groups (broad SMARTS) is 3. The molecule has 0 saturated carbocycles. The Kier molecular flexibility index (Phi) is 7.53. The van der Waals surface area contributed by atoms with Gasteiger partial charge in [0.05, 0.1) is 0 Å². The van der Waals surface area contributed by atoms with Gasteiger partial charge in [-0.25, -0.2) is 14.4 Å². The molecule has 0 aliphatic rings. The van der Waals surface area contributed by atoms with Crippen molar-refractivity contribution >= 4 is 47.5 Å². The Hall–Kier alpha value is -0.670. The van der Waals surface area contributed by atoms with Crippen LogP contribution in [0.25, 0.3) is 0 Å². The molecule has 0 aromatic rings. The molecule has 0 radical (unpaired) electrons. The summed E-state index contributed by atoms with van der Waals surface area (Å²) in [6, 6.07) is 0. The van der Waals surface area contributed by atoms with Crippen LogP contribution in [0.4, 0.5) is 0 Å². The fourth-order valence-corrected chi connectivity index (χ4v) is 0.761. The number of nitrogens with two attached hydrogens (primary N) is 1. The number of carbonyl (C=O) groups is 3. The molecule has 0 saturated heterocycles. The van der Waals surface area contributed by atoms with E-state index in [1.54, 1.807) is 0 Å². The number of hydrogen-bond donors (Lipinski definition) is 5. The molecule has 0 heterocycles. The third-order valence-electron chi connectivity index (χ3n) is 1.50. The van der Waals surface area contributed by atoms with Crippen LogP contribution in [0.3, 0.4) is 0 Å². The van der Waals surface area contributed by atoms with Gasteiger partial charge in [-0.3, -0.25) is 5.32 Å². The molecule has 0 amide bonds. The van der Waals surface area contributed by atoms with Crippen LogP contribution in [0.2, 0.25) is 0 Å². The predicted molar refractivity (Wildman–Crippen MR) is 49.8 cm³/mol. The van der Waals surface area contributed by atoms with E-state index < -0.39 is 23.4 Å². The summed E-state index contributed by atoms with van der Waals surface area (Å²) in [4.78, 5) is 31.6. The van der Waals surface area contributed by atoms with Crippen LogP contribution in [0.15, 0.2) is 0 Å². The monoisotopic (exact) mass is 230 g/mol. The van der Waals surface area contributed by atoms with Gasteiger partial charge in [0.25, 0.3) is 0 Å². The molecule has 0 bridgehead atoms. The molecule has 8 nitrogen and oxygen atoms in total. The van der Waals surface area contributed by atoms with Crippen molar-refractivity contribution in [3.05, 3.63) is 0 Å². The van der Waals surface area contributed by atoms with E-state index >= 15 is 0 Å². The molecule has 0 aromatic heterocycles. The third-order valence-corrected chi connectivity index (χ3v) is 1.50. The Morgan fingerprint density at radius 3 is 1.60 bits per heavy atom. The van der Waals surface area contributed by atoms with Crippen molar-refractivity contribution in [1.29, 1.82) is 0 Å². The SMILES string of the molecule is NCCNC(C(=O)O)(C(=O)O)C(=O)O.[NaH]. The Morgan fingerprint density at radius 2 is 1.40 bits per heavy atom. The summed E-state index contributed by atoms with van der Waals surface area (Å²) in [6.45, 7) is -0.305. The zero-order valence-corrected chi connectivity index (χ0v) is 7.06. The van der Waals surface area contributed by atoms with Crippen LogP contribution in [0, 0.1) is 0 Å². The molecule has 15 heavy (non-hydrogen) atoms. The molecular weight excluding hydrogens is 219 g/mol. The number of rotatable bonds is 6. The Balaban J connectivity index is 0. The van der Waals surface area contributed by atoms with Gasteiger partial charge in [-0.15, -0.1) is 0 Å². The average molecular weight is 230 g/mol. The fraction of sp³-hybridized carbons (Fsp3) is 0.500. The van der Waals surface area contributed by atoms with Crippen LogP contribution in [0.5, 0.6) is 0 Å². The molecule has 9 heteroatoms. The molecule has 6 N–H and O–H groups in total. The average Bonchev–Trinajstić information content (AvgIpc) is 2.03. The molecule has 0 aliphatic heterocycles. The molecule has 0 aromatic carbocycles. The van der Waals surface area contributed by atoms with Crippen molar-refractivity contribution in [2.24, 2.45) is 5.73 Å². The van der Waals surface area contributed by atoms with Crippen molar-refractivity contribution in [3.63, 3.8) is 0 Å². The van der Waals surface area contributed by atoms with Crippen molar-refractivity contribution in [2.45, 2.75) is 5.54 Å². The Bertz CT molecular complexity index is 232. The van der Waals surface area contributed by atoms with E-state index in [4.69, 9.17) is 21.1 Å².